The first-order valence-corrected chi connectivity index (χ1v) is 12.8. The van der Waals surface area contributed by atoms with Gasteiger partial charge in [-0.3, -0.25) is 5.41 Å². The van der Waals surface area contributed by atoms with Crippen molar-refractivity contribution in [1.29, 1.82) is 5.41 Å². The van der Waals surface area contributed by atoms with Crippen LogP contribution in [0.5, 0.6) is 0 Å². The second kappa shape index (κ2) is 8.68. The highest BCUT2D eigenvalue weighted by Gasteiger charge is 2.23. The van der Waals surface area contributed by atoms with Gasteiger partial charge in [-0.2, -0.15) is 5.10 Å². The molecule has 0 saturated heterocycles. The lowest BCUT2D eigenvalue weighted by molar-refractivity contribution is 0.598. The minimum atomic E-state index is -3.83. The zero-order valence-electron chi connectivity index (χ0n) is 19.3. The van der Waals surface area contributed by atoms with Crippen molar-refractivity contribution in [1.82, 2.24) is 9.78 Å². The van der Waals surface area contributed by atoms with Crippen LogP contribution in [0.3, 0.4) is 0 Å². The summed E-state index contributed by atoms with van der Waals surface area (Å²) in [7, 11) is -3.83. The zero-order valence-corrected chi connectivity index (χ0v) is 20.1. The first kappa shape index (κ1) is 22.8. The van der Waals surface area contributed by atoms with Gasteiger partial charge in [-0.1, -0.05) is 36.4 Å². The Morgan fingerprint density at radius 1 is 1.06 bits per heavy atom. The molecular weight excluding hydrogens is 460 g/mol. The van der Waals surface area contributed by atoms with Crippen molar-refractivity contribution in [2.24, 2.45) is 10.9 Å². The SMILES string of the molecule is Cc1cc(CN2CCc3cc(-c4ccccc4S(N)(=O)=O)ccc32)n(-c2cccc(C(=N)N)c2)n1. The topological polar surface area (TPSA) is 131 Å². The van der Waals surface area contributed by atoms with Gasteiger partial charge in [0.1, 0.15) is 5.84 Å². The number of nitrogens with two attached hydrogens (primary N) is 2. The van der Waals surface area contributed by atoms with Gasteiger partial charge in [0.05, 0.1) is 28.5 Å². The molecule has 9 heteroatoms. The molecule has 0 saturated carbocycles. The van der Waals surface area contributed by atoms with Gasteiger partial charge >= 0.3 is 0 Å². The normalized spacial score (nSPS) is 13.1. The highest BCUT2D eigenvalue weighted by Crippen LogP contribution is 2.35. The molecule has 0 bridgehead atoms. The average molecular weight is 487 g/mol. The van der Waals surface area contributed by atoms with E-state index in [0.29, 0.717) is 17.7 Å². The summed E-state index contributed by atoms with van der Waals surface area (Å²) < 4.78 is 26.0. The van der Waals surface area contributed by atoms with Gasteiger partial charge in [0.15, 0.2) is 0 Å². The number of fused-ring (bicyclic) bond motifs is 1. The summed E-state index contributed by atoms with van der Waals surface area (Å²) >= 11 is 0. The highest BCUT2D eigenvalue weighted by atomic mass is 32.2. The van der Waals surface area contributed by atoms with Crippen LogP contribution in [0, 0.1) is 12.3 Å². The molecule has 0 amide bonds. The van der Waals surface area contributed by atoms with Gasteiger partial charge in [0, 0.05) is 23.4 Å². The molecule has 5 N–H and O–H groups in total. The minimum absolute atomic E-state index is 0.0190. The second-order valence-electron chi connectivity index (χ2n) is 8.71. The predicted octanol–water partition coefficient (Wildman–Crippen LogP) is 3.34. The smallest absolute Gasteiger partial charge is 0.238 e. The molecule has 1 aliphatic rings. The quantitative estimate of drug-likeness (QED) is 0.284. The number of nitrogens with one attached hydrogen (secondary N) is 1. The summed E-state index contributed by atoms with van der Waals surface area (Å²) in [5.74, 6) is 0.0190. The van der Waals surface area contributed by atoms with Gasteiger partial charge < -0.3 is 10.6 Å². The maximum Gasteiger partial charge on any atom is 0.238 e. The molecule has 178 valence electrons. The molecule has 8 nitrogen and oxygen atoms in total. The van der Waals surface area contributed by atoms with Crippen molar-refractivity contribution in [3.05, 3.63) is 95.3 Å². The Kier molecular flexibility index (Phi) is 5.66. The lowest BCUT2D eigenvalue weighted by Crippen LogP contribution is -2.21. The molecule has 35 heavy (non-hydrogen) atoms. The minimum Gasteiger partial charge on any atom is -0.384 e. The Morgan fingerprint density at radius 2 is 1.86 bits per heavy atom. The molecule has 1 aliphatic heterocycles. The molecule has 0 atom stereocenters. The number of aryl methyl sites for hydroxylation is 1. The largest absolute Gasteiger partial charge is 0.384 e. The second-order valence-corrected chi connectivity index (χ2v) is 10.2. The number of amidine groups is 1. The van der Waals surface area contributed by atoms with E-state index in [1.807, 2.05) is 54.1 Å². The first-order valence-electron chi connectivity index (χ1n) is 11.2. The van der Waals surface area contributed by atoms with E-state index in [-0.39, 0.29) is 10.7 Å². The molecule has 3 aromatic carbocycles. The third-order valence-electron chi connectivity index (χ3n) is 6.24. The van der Waals surface area contributed by atoms with Crippen molar-refractivity contribution in [3.63, 3.8) is 0 Å². The number of primary sulfonamides is 1. The Hall–Kier alpha value is -3.95. The summed E-state index contributed by atoms with van der Waals surface area (Å²) in [6.07, 6.45) is 0.855. The summed E-state index contributed by atoms with van der Waals surface area (Å²) in [5.41, 5.74) is 12.8. The van der Waals surface area contributed by atoms with Gasteiger partial charge in [0.25, 0.3) is 0 Å². The summed E-state index contributed by atoms with van der Waals surface area (Å²) in [6, 6.07) is 22.4. The number of nitrogens with zero attached hydrogens (tertiary/aromatic N) is 3. The van der Waals surface area contributed by atoms with Crippen molar-refractivity contribution < 1.29 is 8.42 Å². The Bertz CT molecular complexity index is 1560. The Morgan fingerprint density at radius 3 is 2.63 bits per heavy atom. The lowest BCUT2D eigenvalue weighted by atomic mass is 10.0. The molecule has 1 aromatic heterocycles. The van der Waals surface area contributed by atoms with E-state index in [1.54, 1.807) is 12.1 Å². The molecule has 0 spiro atoms. The van der Waals surface area contributed by atoms with Crippen LogP contribution in [0.15, 0.2) is 77.7 Å². The van der Waals surface area contributed by atoms with Gasteiger partial charge in [0.2, 0.25) is 10.0 Å². The summed E-state index contributed by atoms with van der Waals surface area (Å²) in [5, 5.41) is 17.9. The average Bonchev–Trinajstić information content (AvgIpc) is 3.41. The van der Waals surface area contributed by atoms with Crippen LogP contribution in [0.25, 0.3) is 16.8 Å². The monoisotopic (exact) mass is 486 g/mol. The van der Waals surface area contributed by atoms with Crippen molar-refractivity contribution in [3.8, 4) is 16.8 Å². The van der Waals surface area contributed by atoms with E-state index in [0.717, 1.165) is 46.9 Å². The maximum atomic E-state index is 12.1. The predicted molar refractivity (Wildman–Crippen MR) is 137 cm³/mol. The van der Waals surface area contributed by atoms with Crippen LogP contribution in [0.1, 0.15) is 22.5 Å². The van der Waals surface area contributed by atoms with E-state index in [4.69, 9.17) is 16.3 Å². The van der Waals surface area contributed by atoms with Crippen LogP contribution < -0.4 is 15.8 Å². The molecule has 0 aliphatic carbocycles. The van der Waals surface area contributed by atoms with Crippen molar-refractivity contribution >= 4 is 21.5 Å². The fraction of sp³-hybridized carbons (Fsp3) is 0.154. The van der Waals surface area contributed by atoms with E-state index in [1.165, 1.54) is 6.07 Å². The van der Waals surface area contributed by atoms with Gasteiger partial charge in [-0.25, -0.2) is 18.2 Å². The third-order valence-corrected chi connectivity index (χ3v) is 7.20. The molecule has 0 fully saturated rings. The number of rotatable bonds is 6. The van der Waals surface area contributed by atoms with Crippen molar-refractivity contribution in [2.45, 2.75) is 24.8 Å². The molecular formula is C26H26N6O2S. The Balaban J connectivity index is 1.46. The van der Waals surface area contributed by atoms with Crippen LogP contribution in [0.4, 0.5) is 5.69 Å². The van der Waals surface area contributed by atoms with E-state index in [9.17, 15) is 8.42 Å². The van der Waals surface area contributed by atoms with Crippen LogP contribution in [0.2, 0.25) is 0 Å². The Labute approximate surface area is 204 Å². The number of benzene rings is 3. The van der Waals surface area contributed by atoms with Crippen LogP contribution in [-0.4, -0.2) is 30.6 Å². The fourth-order valence-corrected chi connectivity index (χ4v) is 5.41. The van der Waals surface area contributed by atoms with Gasteiger partial charge in [-0.05, 0) is 60.9 Å². The zero-order chi connectivity index (χ0) is 24.7. The number of sulfonamides is 1. The summed E-state index contributed by atoms with van der Waals surface area (Å²) in [6.45, 7) is 3.46. The van der Waals surface area contributed by atoms with E-state index in [2.05, 4.69) is 22.1 Å². The van der Waals surface area contributed by atoms with Crippen molar-refractivity contribution in [2.75, 3.05) is 11.4 Å². The summed E-state index contributed by atoms with van der Waals surface area (Å²) in [4.78, 5) is 2.42. The molecule has 0 unspecified atom stereocenters. The van der Waals surface area contributed by atoms with Crippen LogP contribution in [-0.2, 0) is 23.0 Å². The van der Waals surface area contributed by atoms with Gasteiger partial charge in [-0.15, -0.1) is 0 Å². The fourth-order valence-electron chi connectivity index (χ4n) is 4.65. The number of nitrogen functional groups attached to an aromatic ring is 1. The first-order chi connectivity index (χ1) is 16.7. The number of hydrogen-bond donors (Lipinski definition) is 3. The van der Waals surface area contributed by atoms with E-state index >= 15 is 0 Å². The molecule has 0 radical (unpaired) electrons. The molecule has 2 heterocycles. The lowest BCUT2D eigenvalue weighted by Gasteiger charge is -2.20. The third kappa shape index (κ3) is 4.43. The highest BCUT2D eigenvalue weighted by molar-refractivity contribution is 7.89. The maximum absolute atomic E-state index is 12.1. The van der Waals surface area contributed by atoms with E-state index < -0.39 is 10.0 Å². The van der Waals surface area contributed by atoms with Crippen LogP contribution >= 0.6 is 0 Å². The molecule has 5 rings (SSSR count). The number of anilines is 1. The number of aromatic nitrogens is 2. The molecule has 4 aromatic rings. The number of hydrogen-bond acceptors (Lipinski definition) is 5. The standard InChI is InChI=1S/C26H26N6O2S/c1-17-13-22(32(30-17)21-6-4-5-20(15-21)26(27)28)16-31-12-11-19-14-18(9-10-24(19)31)23-7-2-3-8-25(23)35(29,33)34/h2-10,13-15H,11-12,16H2,1H3,(H3,27,28)(H2,29,33,34).